The van der Waals surface area contributed by atoms with Gasteiger partial charge in [0, 0.05) is 13.0 Å². The van der Waals surface area contributed by atoms with Gasteiger partial charge in [-0.15, -0.1) is 5.92 Å². The van der Waals surface area contributed by atoms with Crippen LogP contribution in [0.25, 0.3) is 0 Å². The standard InChI is InChI=1S/C25H22N2O/c28-25-24(18-9-7-13-20-11-3-1-4-12-20)27(19-21-14-5-2-6-15-21)23-17-10-8-16-22(23)26-25/h1-6,8,10-12,14-17,24H,7,13,19H2,(H,26,28)/t24-/m1/s1. The summed E-state index contributed by atoms with van der Waals surface area (Å²) in [5.41, 5.74) is 4.26. The molecule has 1 amide bonds. The van der Waals surface area contributed by atoms with Crippen LogP contribution in [-0.4, -0.2) is 11.9 Å². The summed E-state index contributed by atoms with van der Waals surface area (Å²) >= 11 is 0. The topological polar surface area (TPSA) is 32.3 Å². The summed E-state index contributed by atoms with van der Waals surface area (Å²) in [4.78, 5) is 14.9. The van der Waals surface area contributed by atoms with E-state index in [4.69, 9.17) is 0 Å². The summed E-state index contributed by atoms with van der Waals surface area (Å²) < 4.78 is 0. The van der Waals surface area contributed by atoms with E-state index in [1.165, 1.54) is 5.56 Å². The Morgan fingerprint density at radius 3 is 2.21 bits per heavy atom. The molecule has 3 heteroatoms. The van der Waals surface area contributed by atoms with Crippen molar-refractivity contribution >= 4 is 17.3 Å². The van der Waals surface area contributed by atoms with Crippen molar-refractivity contribution < 1.29 is 4.79 Å². The van der Waals surface area contributed by atoms with E-state index in [-0.39, 0.29) is 5.91 Å². The minimum Gasteiger partial charge on any atom is -0.344 e. The molecular formula is C25H22N2O. The number of carbonyl (C=O) groups excluding carboxylic acids is 1. The lowest BCUT2D eigenvalue weighted by molar-refractivity contribution is -0.116. The molecule has 138 valence electrons. The van der Waals surface area contributed by atoms with E-state index in [0.717, 1.165) is 29.8 Å². The first-order valence-corrected chi connectivity index (χ1v) is 9.54. The summed E-state index contributed by atoms with van der Waals surface area (Å²) in [5.74, 6) is 6.38. The summed E-state index contributed by atoms with van der Waals surface area (Å²) in [5, 5.41) is 3.00. The Kier molecular flexibility index (Phi) is 5.40. The van der Waals surface area contributed by atoms with Gasteiger partial charge in [0.15, 0.2) is 6.04 Å². The van der Waals surface area contributed by atoms with Crippen molar-refractivity contribution in [3.8, 4) is 11.8 Å². The van der Waals surface area contributed by atoms with Crippen LogP contribution in [0.4, 0.5) is 11.4 Å². The average molecular weight is 366 g/mol. The molecule has 0 bridgehead atoms. The summed E-state index contributed by atoms with van der Waals surface area (Å²) in [7, 11) is 0. The fourth-order valence-electron chi connectivity index (χ4n) is 3.43. The molecule has 0 unspecified atom stereocenters. The number of amides is 1. The third-order valence-corrected chi connectivity index (χ3v) is 4.85. The number of rotatable bonds is 4. The highest BCUT2D eigenvalue weighted by Crippen LogP contribution is 2.32. The highest BCUT2D eigenvalue weighted by Gasteiger charge is 2.31. The van der Waals surface area contributed by atoms with Crippen molar-refractivity contribution in [3.63, 3.8) is 0 Å². The van der Waals surface area contributed by atoms with Gasteiger partial charge in [-0.05, 0) is 29.7 Å². The molecule has 3 nitrogen and oxygen atoms in total. The highest BCUT2D eigenvalue weighted by molar-refractivity contribution is 6.05. The number of anilines is 2. The molecule has 28 heavy (non-hydrogen) atoms. The Labute approximate surface area is 166 Å². The Hall–Kier alpha value is -3.51. The molecule has 1 heterocycles. The van der Waals surface area contributed by atoms with Gasteiger partial charge in [-0.1, -0.05) is 78.7 Å². The predicted molar refractivity (Wildman–Crippen MR) is 114 cm³/mol. The van der Waals surface area contributed by atoms with E-state index in [1.807, 2.05) is 60.7 Å². The SMILES string of the molecule is O=C1Nc2ccccc2N(Cc2ccccc2)[C@@H]1C#CCCc1ccccc1. The van der Waals surface area contributed by atoms with Crippen LogP contribution in [0.2, 0.25) is 0 Å². The quantitative estimate of drug-likeness (QED) is 0.682. The number of para-hydroxylation sites is 2. The van der Waals surface area contributed by atoms with Gasteiger partial charge < -0.3 is 10.2 Å². The van der Waals surface area contributed by atoms with E-state index >= 15 is 0 Å². The van der Waals surface area contributed by atoms with Gasteiger partial charge in [0.2, 0.25) is 0 Å². The maximum Gasteiger partial charge on any atom is 0.259 e. The molecule has 0 spiro atoms. The van der Waals surface area contributed by atoms with Crippen LogP contribution in [0.5, 0.6) is 0 Å². The molecule has 3 aromatic rings. The van der Waals surface area contributed by atoms with Gasteiger partial charge in [0.1, 0.15) is 0 Å². The van der Waals surface area contributed by atoms with Crippen LogP contribution in [0.15, 0.2) is 84.9 Å². The monoisotopic (exact) mass is 366 g/mol. The number of carbonyl (C=O) groups is 1. The van der Waals surface area contributed by atoms with Crippen molar-refractivity contribution in [1.82, 2.24) is 0 Å². The Bertz CT molecular complexity index is 1000. The Morgan fingerprint density at radius 2 is 1.46 bits per heavy atom. The predicted octanol–water partition coefficient (Wildman–Crippen LogP) is 4.65. The van der Waals surface area contributed by atoms with Gasteiger partial charge in [-0.3, -0.25) is 4.79 Å². The van der Waals surface area contributed by atoms with Gasteiger partial charge in [0.25, 0.3) is 5.91 Å². The fraction of sp³-hybridized carbons (Fsp3) is 0.160. The second kappa shape index (κ2) is 8.45. The van der Waals surface area contributed by atoms with Crippen LogP contribution < -0.4 is 10.2 Å². The number of benzene rings is 3. The largest absolute Gasteiger partial charge is 0.344 e. The van der Waals surface area contributed by atoms with Crippen LogP contribution in [0, 0.1) is 11.8 Å². The van der Waals surface area contributed by atoms with E-state index in [1.54, 1.807) is 0 Å². The molecule has 0 saturated carbocycles. The maximum absolute atomic E-state index is 12.8. The number of nitrogens with one attached hydrogen (secondary N) is 1. The van der Waals surface area contributed by atoms with E-state index in [2.05, 4.69) is 46.3 Å². The molecule has 1 aliphatic heterocycles. The fourth-order valence-corrected chi connectivity index (χ4v) is 3.43. The second-order valence-corrected chi connectivity index (χ2v) is 6.83. The van der Waals surface area contributed by atoms with E-state index < -0.39 is 6.04 Å². The minimum absolute atomic E-state index is 0.0677. The van der Waals surface area contributed by atoms with E-state index in [9.17, 15) is 4.79 Å². The van der Waals surface area contributed by atoms with Crippen LogP contribution in [0.3, 0.4) is 0 Å². The molecule has 3 aromatic carbocycles. The summed E-state index contributed by atoms with van der Waals surface area (Å²) in [6.07, 6.45) is 1.62. The first-order chi connectivity index (χ1) is 13.8. The zero-order valence-electron chi connectivity index (χ0n) is 15.6. The minimum atomic E-state index is -0.495. The summed E-state index contributed by atoms with van der Waals surface area (Å²) in [6.45, 7) is 0.642. The molecule has 1 aliphatic rings. The zero-order valence-corrected chi connectivity index (χ0v) is 15.6. The molecule has 1 atom stereocenters. The number of nitrogens with zero attached hydrogens (tertiary/aromatic N) is 1. The van der Waals surface area contributed by atoms with Gasteiger partial charge in [-0.25, -0.2) is 0 Å². The second-order valence-electron chi connectivity index (χ2n) is 6.83. The molecule has 0 aliphatic carbocycles. The first-order valence-electron chi connectivity index (χ1n) is 9.54. The molecule has 1 N–H and O–H groups in total. The Morgan fingerprint density at radius 1 is 0.821 bits per heavy atom. The molecule has 0 radical (unpaired) electrons. The smallest absolute Gasteiger partial charge is 0.259 e. The van der Waals surface area contributed by atoms with Crippen LogP contribution in [0.1, 0.15) is 17.5 Å². The van der Waals surface area contributed by atoms with Gasteiger partial charge in [-0.2, -0.15) is 0 Å². The normalized spacial score (nSPS) is 15.2. The molecule has 4 rings (SSSR count). The van der Waals surface area contributed by atoms with Gasteiger partial charge in [0.05, 0.1) is 11.4 Å². The zero-order chi connectivity index (χ0) is 19.2. The van der Waals surface area contributed by atoms with Crippen molar-refractivity contribution in [1.29, 1.82) is 0 Å². The van der Waals surface area contributed by atoms with Crippen molar-refractivity contribution in [3.05, 3.63) is 96.1 Å². The lowest BCUT2D eigenvalue weighted by atomic mass is 10.1. The molecule has 0 saturated heterocycles. The number of fused-ring (bicyclic) bond motifs is 1. The first kappa shape index (κ1) is 17.9. The van der Waals surface area contributed by atoms with E-state index in [0.29, 0.717) is 6.54 Å². The number of hydrogen-bond acceptors (Lipinski definition) is 2. The van der Waals surface area contributed by atoms with Crippen LogP contribution in [-0.2, 0) is 17.8 Å². The van der Waals surface area contributed by atoms with Crippen LogP contribution >= 0.6 is 0 Å². The molecular weight excluding hydrogens is 344 g/mol. The summed E-state index contributed by atoms with van der Waals surface area (Å²) in [6, 6.07) is 27.9. The third-order valence-electron chi connectivity index (χ3n) is 4.85. The average Bonchev–Trinajstić information content (AvgIpc) is 2.74. The van der Waals surface area contributed by atoms with Crippen molar-refractivity contribution in [2.75, 3.05) is 10.2 Å². The number of hydrogen-bond donors (Lipinski definition) is 1. The van der Waals surface area contributed by atoms with Crippen molar-refractivity contribution in [2.24, 2.45) is 0 Å². The lowest BCUT2D eigenvalue weighted by Gasteiger charge is -2.35. The molecule has 0 fully saturated rings. The number of aryl methyl sites for hydroxylation is 1. The Balaban J connectivity index is 1.57. The van der Waals surface area contributed by atoms with Gasteiger partial charge >= 0.3 is 0 Å². The molecule has 0 aromatic heterocycles. The highest BCUT2D eigenvalue weighted by atomic mass is 16.2. The van der Waals surface area contributed by atoms with Crippen molar-refractivity contribution in [2.45, 2.75) is 25.4 Å². The maximum atomic E-state index is 12.8. The lowest BCUT2D eigenvalue weighted by Crippen LogP contribution is -2.46. The third kappa shape index (κ3) is 4.07.